The Balaban J connectivity index is 1.61. The van der Waals surface area contributed by atoms with Crippen LogP contribution in [-0.4, -0.2) is 32.8 Å². The molecule has 0 bridgehead atoms. The first-order valence-electron chi connectivity index (χ1n) is 8.30. The van der Waals surface area contributed by atoms with Gasteiger partial charge in [0.05, 0.1) is 11.3 Å². The molecule has 2 aliphatic heterocycles. The van der Waals surface area contributed by atoms with Gasteiger partial charge in [-0.2, -0.15) is 18.3 Å². The van der Waals surface area contributed by atoms with Gasteiger partial charge >= 0.3 is 6.18 Å². The molecule has 25 heavy (non-hydrogen) atoms. The molecule has 2 N–H and O–H groups in total. The Labute approximate surface area is 141 Å². The highest BCUT2D eigenvalue weighted by molar-refractivity contribution is 5.84. The van der Waals surface area contributed by atoms with Crippen LogP contribution in [0.3, 0.4) is 0 Å². The van der Waals surface area contributed by atoms with E-state index in [2.05, 4.69) is 20.4 Å². The molecule has 1 saturated heterocycles. The van der Waals surface area contributed by atoms with Crippen molar-refractivity contribution in [2.75, 3.05) is 13.1 Å². The van der Waals surface area contributed by atoms with E-state index in [-0.39, 0.29) is 16.4 Å². The number of fused-ring (bicyclic) bond motifs is 3. The summed E-state index contributed by atoms with van der Waals surface area (Å²) < 4.78 is 41.4. The smallest absolute Gasteiger partial charge is 0.346 e. The normalized spacial score (nSPS) is 23.0. The fraction of sp³-hybridized carbons (Fsp3) is 0.412. The lowest BCUT2D eigenvalue weighted by molar-refractivity contribution is -0.136. The molecule has 1 unspecified atom stereocenters. The quantitative estimate of drug-likeness (QED) is 0.711. The molecule has 130 valence electrons. The van der Waals surface area contributed by atoms with Crippen LogP contribution in [0.5, 0.6) is 0 Å². The molecular weight excluding hydrogens is 331 g/mol. The number of pyridine rings is 1. The number of H-pyrrole nitrogens is 1. The van der Waals surface area contributed by atoms with Crippen LogP contribution in [0, 0.1) is 0 Å². The summed E-state index contributed by atoms with van der Waals surface area (Å²) in [6, 6.07) is 3.54. The number of nitrogens with one attached hydrogen (secondary N) is 2. The van der Waals surface area contributed by atoms with Gasteiger partial charge in [0.2, 0.25) is 0 Å². The number of aromatic nitrogens is 4. The second kappa shape index (κ2) is 4.85. The van der Waals surface area contributed by atoms with E-state index >= 15 is 0 Å². The van der Waals surface area contributed by atoms with Crippen LogP contribution in [0.2, 0.25) is 0 Å². The summed E-state index contributed by atoms with van der Waals surface area (Å²) >= 11 is 0. The SMILES string of the molecule is FC(F)(F)c1c[nH]c2ncc(-c3cc4n(n3)CCC43CCNC3)cc12. The maximum absolute atomic E-state index is 13.1. The molecule has 8 heteroatoms. The first-order chi connectivity index (χ1) is 12.0. The molecule has 0 radical (unpaired) electrons. The van der Waals surface area contributed by atoms with Crippen LogP contribution < -0.4 is 5.32 Å². The highest BCUT2D eigenvalue weighted by atomic mass is 19.4. The molecule has 5 rings (SSSR count). The Morgan fingerprint density at radius 2 is 2.08 bits per heavy atom. The second-order valence-electron chi connectivity index (χ2n) is 6.92. The van der Waals surface area contributed by atoms with Gasteiger partial charge in [-0.25, -0.2) is 4.98 Å². The van der Waals surface area contributed by atoms with Gasteiger partial charge in [0.15, 0.2) is 0 Å². The van der Waals surface area contributed by atoms with Crippen molar-refractivity contribution in [3.05, 3.63) is 35.8 Å². The summed E-state index contributed by atoms with van der Waals surface area (Å²) in [5.41, 5.74) is 2.14. The maximum Gasteiger partial charge on any atom is 0.418 e. The molecule has 0 amide bonds. The zero-order chi connectivity index (χ0) is 17.2. The number of nitrogens with zero attached hydrogens (tertiary/aromatic N) is 3. The lowest BCUT2D eigenvalue weighted by Crippen LogP contribution is -2.25. The largest absolute Gasteiger partial charge is 0.418 e. The average molecular weight is 347 g/mol. The molecule has 3 aromatic rings. The minimum absolute atomic E-state index is 0.0791. The van der Waals surface area contributed by atoms with Crippen LogP contribution in [0.25, 0.3) is 22.3 Å². The Hall–Kier alpha value is -2.35. The first-order valence-corrected chi connectivity index (χ1v) is 8.30. The number of alkyl halides is 3. The fourth-order valence-corrected chi connectivity index (χ4v) is 4.16. The van der Waals surface area contributed by atoms with E-state index in [0.29, 0.717) is 11.3 Å². The monoisotopic (exact) mass is 347 g/mol. The van der Waals surface area contributed by atoms with E-state index in [4.69, 9.17) is 0 Å². The van der Waals surface area contributed by atoms with Crippen molar-refractivity contribution >= 4 is 11.0 Å². The summed E-state index contributed by atoms with van der Waals surface area (Å²) in [4.78, 5) is 6.73. The van der Waals surface area contributed by atoms with Gasteiger partial charge in [-0.1, -0.05) is 0 Å². The van der Waals surface area contributed by atoms with E-state index in [1.165, 1.54) is 11.8 Å². The van der Waals surface area contributed by atoms with Crippen LogP contribution in [0.15, 0.2) is 24.5 Å². The van der Waals surface area contributed by atoms with Crippen molar-refractivity contribution in [2.45, 2.75) is 31.0 Å². The fourth-order valence-electron chi connectivity index (χ4n) is 4.16. The summed E-state index contributed by atoms with van der Waals surface area (Å²) in [6.07, 6.45) is 0.278. The summed E-state index contributed by atoms with van der Waals surface area (Å²) in [7, 11) is 0. The molecule has 0 saturated carbocycles. The predicted octanol–water partition coefficient (Wildman–Crippen LogP) is 3.08. The zero-order valence-electron chi connectivity index (χ0n) is 13.3. The van der Waals surface area contributed by atoms with Gasteiger partial charge in [0.1, 0.15) is 5.65 Å². The van der Waals surface area contributed by atoms with Crippen molar-refractivity contribution in [3.63, 3.8) is 0 Å². The average Bonchev–Trinajstić information content (AvgIpc) is 3.31. The third-order valence-corrected chi connectivity index (χ3v) is 5.50. The van der Waals surface area contributed by atoms with Crippen molar-refractivity contribution < 1.29 is 13.2 Å². The summed E-state index contributed by atoms with van der Waals surface area (Å²) in [5.74, 6) is 0. The summed E-state index contributed by atoms with van der Waals surface area (Å²) in [6.45, 7) is 2.78. The molecule has 0 aliphatic carbocycles. The van der Waals surface area contributed by atoms with Crippen molar-refractivity contribution in [3.8, 4) is 11.3 Å². The highest BCUT2D eigenvalue weighted by Gasteiger charge is 2.42. The van der Waals surface area contributed by atoms with Gasteiger partial charge in [0, 0.05) is 47.5 Å². The van der Waals surface area contributed by atoms with Crippen LogP contribution in [-0.2, 0) is 18.1 Å². The van der Waals surface area contributed by atoms with Crippen LogP contribution in [0.1, 0.15) is 24.1 Å². The van der Waals surface area contributed by atoms with Gasteiger partial charge < -0.3 is 10.3 Å². The number of rotatable bonds is 1. The van der Waals surface area contributed by atoms with E-state index in [1.807, 2.05) is 10.7 Å². The third kappa shape index (κ3) is 2.13. The molecule has 5 heterocycles. The minimum atomic E-state index is -4.41. The van der Waals surface area contributed by atoms with Gasteiger partial charge in [-0.15, -0.1) is 0 Å². The lowest BCUT2D eigenvalue weighted by Gasteiger charge is -2.20. The molecule has 1 atom stereocenters. The number of aryl methyl sites for hydroxylation is 1. The number of hydrogen-bond donors (Lipinski definition) is 2. The molecule has 0 aromatic carbocycles. The molecular formula is C17H16F3N5. The number of hydrogen-bond acceptors (Lipinski definition) is 3. The number of halogens is 3. The predicted molar refractivity (Wildman–Crippen MR) is 86.1 cm³/mol. The van der Waals surface area contributed by atoms with Crippen molar-refractivity contribution in [2.24, 2.45) is 0 Å². The van der Waals surface area contributed by atoms with Crippen LogP contribution in [0.4, 0.5) is 13.2 Å². The highest BCUT2D eigenvalue weighted by Crippen LogP contribution is 2.41. The molecule has 5 nitrogen and oxygen atoms in total. The molecule has 2 aliphatic rings. The van der Waals surface area contributed by atoms with E-state index < -0.39 is 11.7 Å². The third-order valence-electron chi connectivity index (χ3n) is 5.50. The molecule has 1 spiro atoms. The van der Waals surface area contributed by atoms with Crippen molar-refractivity contribution in [1.82, 2.24) is 25.1 Å². The van der Waals surface area contributed by atoms with Crippen LogP contribution >= 0.6 is 0 Å². The minimum Gasteiger partial charge on any atom is -0.346 e. The van der Waals surface area contributed by atoms with Gasteiger partial charge in [0.25, 0.3) is 0 Å². The van der Waals surface area contributed by atoms with E-state index in [9.17, 15) is 13.2 Å². The van der Waals surface area contributed by atoms with Gasteiger partial charge in [-0.3, -0.25) is 4.68 Å². The molecule has 1 fully saturated rings. The Bertz CT molecular complexity index is 962. The summed E-state index contributed by atoms with van der Waals surface area (Å²) in [5, 5.41) is 8.11. The topological polar surface area (TPSA) is 58.5 Å². The molecule has 3 aromatic heterocycles. The first kappa shape index (κ1) is 14.9. The van der Waals surface area contributed by atoms with Crippen molar-refractivity contribution in [1.29, 1.82) is 0 Å². The Morgan fingerprint density at radius 3 is 2.84 bits per heavy atom. The number of aromatic amines is 1. The second-order valence-corrected chi connectivity index (χ2v) is 6.92. The standard InChI is InChI=1S/C17H16F3N5/c18-17(19,20)12-8-23-15-11(12)5-10(7-22-15)13-6-14-16(1-3-21-9-16)2-4-25(14)24-13/h5-8,21H,1-4,9H2,(H,22,23). The Kier molecular flexibility index (Phi) is 2.90. The van der Waals surface area contributed by atoms with E-state index in [0.717, 1.165) is 38.7 Å². The van der Waals surface area contributed by atoms with E-state index in [1.54, 1.807) is 6.20 Å². The zero-order valence-corrected chi connectivity index (χ0v) is 13.3. The Morgan fingerprint density at radius 1 is 1.20 bits per heavy atom. The lowest BCUT2D eigenvalue weighted by atomic mass is 9.82. The van der Waals surface area contributed by atoms with Gasteiger partial charge in [-0.05, 0) is 31.5 Å². The maximum atomic E-state index is 13.1.